The molecule has 0 radical (unpaired) electrons. The maximum atomic E-state index is 12.1. The zero-order chi connectivity index (χ0) is 13.7. The van der Waals surface area contributed by atoms with E-state index in [1.54, 1.807) is 0 Å². The number of aliphatic hydroxyl groups is 1. The molecule has 19 heavy (non-hydrogen) atoms. The average molecular weight is 258 g/mol. The van der Waals surface area contributed by atoms with Gasteiger partial charge in [-0.2, -0.15) is 0 Å². The molecule has 0 bridgehead atoms. The van der Waals surface area contributed by atoms with Gasteiger partial charge in [0.05, 0.1) is 6.61 Å². The van der Waals surface area contributed by atoms with Gasteiger partial charge < -0.3 is 9.84 Å². The Balaban J connectivity index is 2.13. The first-order valence-electron chi connectivity index (χ1n) is 6.19. The average Bonchev–Trinajstić information content (AvgIpc) is 2.80. The summed E-state index contributed by atoms with van der Waals surface area (Å²) in [6.45, 7) is 5.41. The van der Waals surface area contributed by atoms with Crippen molar-refractivity contribution in [2.75, 3.05) is 6.61 Å². The van der Waals surface area contributed by atoms with E-state index in [4.69, 9.17) is 4.74 Å². The highest BCUT2D eigenvalue weighted by Crippen LogP contribution is 2.44. The van der Waals surface area contributed by atoms with E-state index in [9.17, 15) is 14.7 Å². The summed E-state index contributed by atoms with van der Waals surface area (Å²) >= 11 is 0. The minimum absolute atomic E-state index is 0.106. The van der Waals surface area contributed by atoms with Gasteiger partial charge in [0.15, 0.2) is 5.78 Å². The van der Waals surface area contributed by atoms with Gasteiger partial charge in [0.1, 0.15) is 6.10 Å². The highest BCUT2D eigenvalue weighted by atomic mass is 16.6. The Labute approximate surface area is 110 Å². The van der Waals surface area contributed by atoms with Crippen LogP contribution in [-0.2, 0) is 14.3 Å². The third kappa shape index (κ3) is 1.56. The first-order valence-corrected chi connectivity index (χ1v) is 6.19. The predicted octanol–water partition coefficient (Wildman–Crippen LogP) is 1.09. The minimum atomic E-state index is -0.464. The Hall–Kier alpha value is -1.94. The predicted molar refractivity (Wildman–Crippen MR) is 68.0 cm³/mol. The van der Waals surface area contributed by atoms with Crippen LogP contribution in [-0.4, -0.2) is 29.6 Å². The number of allylic oxidation sites excluding steroid dienone is 3. The van der Waals surface area contributed by atoms with E-state index >= 15 is 0 Å². The number of ketones is 1. The molecule has 0 aromatic carbocycles. The molecule has 0 aromatic rings. The van der Waals surface area contributed by atoms with E-state index in [2.05, 4.69) is 6.58 Å². The maximum absolute atomic E-state index is 12.1. The van der Waals surface area contributed by atoms with Crippen LogP contribution in [0.25, 0.3) is 0 Å². The largest absolute Gasteiger partial charge is 0.457 e. The first-order chi connectivity index (χ1) is 9.04. The van der Waals surface area contributed by atoms with Gasteiger partial charge in [-0.3, -0.25) is 4.79 Å². The second-order valence-electron chi connectivity index (χ2n) is 5.10. The molecule has 1 saturated heterocycles. The van der Waals surface area contributed by atoms with Crippen LogP contribution in [0.4, 0.5) is 0 Å². The molecule has 2 aliphatic carbocycles. The van der Waals surface area contributed by atoms with Crippen molar-refractivity contribution >= 4 is 11.8 Å². The van der Waals surface area contributed by atoms with Gasteiger partial charge in [-0.05, 0) is 24.1 Å². The Morgan fingerprint density at radius 2 is 2.16 bits per heavy atom. The quantitative estimate of drug-likeness (QED) is 0.565. The van der Waals surface area contributed by atoms with E-state index in [1.807, 2.05) is 19.1 Å². The summed E-state index contributed by atoms with van der Waals surface area (Å²) in [6, 6.07) is 0. The van der Waals surface area contributed by atoms with Gasteiger partial charge >= 0.3 is 5.97 Å². The normalized spacial score (nSPS) is 33.1. The standard InChI is InChI=1S/C15H14O4/c1-7-3-4-10-8(2)15(18)19-14(10)13-9(6-16)5-11(17)12(7)13/h3-5,10,13-14,16H,2,6H2,1H3. The molecule has 0 amide bonds. The SMILES string of the molecule is C=C1C(=O)OC2C1C=CC(C)=C1C(=O)C=C(CO)C12. The molecule has 4 nitrogen and oxygen atoms in total. The molecular weight excluding hydrogens is 244 g/mol. The third-order valence-electron chi connectivity index (χ3n) is 4.04. The molecule has 0 saturated carbocycles. The molecule has 3 aliphatic rings. The molecule has 1 N–H and O–H groups in total. The zero-order valence-corrected chi connectivity index (χ0v) is 10.6. The summed E-state index contributed by atoms with van der Waals surface area (Å²) in [4.78, 5) is 23.7. The summed E-state index contributed by atoms with van der Waals surface area (Å²) in [6.07, 6.45) is 4.69. The van der Waals surface area contributed by atoms with Crippen molar-refractivity contribution in [2.24, 2.45) is 11.8 Å². The number of carbonyl (C=O) groups excluding carboxylic acids is 2. The first kappa shape index (κ1) is 12.1. The highest BCUT2D eigenvalue weighted by molar-refractivity contribution is 6.09. The molecule has 0 aromatic heterocycles. The van der Waals surface area contributed by atoms with Crippen LogP contribution in [0, 0.1) is 11.8 Å². The Morgan fingerprint density at radius 1 is 1.42 bits per heavy atom. The molecule has 1 heterocycles. The second-order valence-corrected chi connectivity index (χ2v) is 5.10. The zero-order valence-electron chi connectivity index (χ0n) is 10.6. The van der Waals surface area contributed by atoms with Gasteiger partial charge in [-0.15, -0.1) is 0 Å². The summed E-state index contributed by atoms with van der Waals surface area (Å²) < 4.78 is 5.37. The number of hydrogen-bond donors (Lipinski definition) is 1. The lowest BCUT2D eigenvalue weighted by atomic mass is 9.83. The van der Waals surface area contributed by atoms with Gasteiger partial charge in [0.2, 0.25) is 0 Å². The number of fused-ring (bicyclic) bond motifs is 3. The number of esters is 1. The number of ether oxygens (including phenoxy) is 1. The molecule has 3 unspecified atom stereocenters. The Morgan fingerprint density at radius 3 is 2.84 bits per heavy atom. The van der Waals surface area contributed by atoms with Gasteiger partial charge in [0.25, 0.3) is 0 Å². The maximum Gasteiger partial charge on any atom is 0.334 e. The van der Waals surface area contributed by atoms with Crippen molar-refractivity contribution in [1.82, 2.24) is 0 Å². The molecule has 4 heteroatoms. The van der Waals surface area contributed by atoms with Gasteiger partial charge in [0, 0.05) is 23.0 Å². The number of rotatable bonds is 1. The van der Waals surface area contributed by atoms with E-state index in [0.717, 1.165) is 5.57 Å². The molecule has 1 aliphatic heterocycles. The third-order valence-corrected chi connectivity index (χ3v) is 4.04. The van der Waals surface area contributed by atoms with Crippen LogP contribution in [0.1, 0.15) is 6.92 Å². The lowest BCUT2D eigenvalue weighted by Crippen LogP contribution is -2.28. The van der Waals surface area contributed by atoms with E-state index in [-0.39, 0.29) is 24.2 Å². The van der Waals surface area contributed by atoms with Crippen LogP contribution in [0.15, 0.2) is 47.1 Å². The van der Waals surface area contributed by atoms with E-state index in [1.165, 1.54) is 6.08 Å². The highest BCUT2D eigenvalue weighted by Gasteiger charge is 2.48. The molecule has 3 atom stereocenters. The van der Waals surface area contributed by atoms with E-state index < -0.39 is 12.1 Å². The molecular formula is C15H14O4. The fourth-order valence-electron chi connectivity index (χ4n) is 3.08. The van der Waals surface area contributed by atoms with Crippen LogP contribution < -0.4 is 0 Å². The minimum Gasteiger partial charge on any atom is -0.457 e. The topological polar surface area (TPSA) is 63.6 Å². The number of carbonyl (C=O) groups is 2. The fraction of sp³-hybridized carbons (Fsp3) is 0.333. The second kappa shape index (κ2) is 4.03. The molecule has 0 spiro atoms. The fourth-order valence-corrected chi connectivity index (χ4v) is 3.08. The van der Waals surface area contributed by atoms with Crippen molar-refractivity contribution in [3.63, 3.8) is 0 Å². The summed E-state index contributed by atoms with van der Waals surface area (Å²) in [5.74, 6) is -1.10. The summed E-state index contributed by atoms with van der Waals surface area (Å²) in [7, 11) is 0. The van der Waals surface area contributed by atoms with Crippen molar-refractivity contribution < 1.29 is 19.4 Å². The van der Waals surface area contributed by atoms with Crippen LogP contribution in [0.3, 0.4) is 0 Å². The van der Waals surface area contributed by atoms with Crippen molar-refractivity contribution in [2.45, 2.75) is 13.0 Å². The van der Waals surface area contributed by atoms with Crippen molar-refractivity contribution in [3.05, 3.63) is 47.1 Å². The molecule has 98 valence electrons. The lowest BCUT2D eigenvalue weighted by Gasteiger charge is -2.23. The summed E-state index contributed by atoms with van der Waals surface area (Å²) in [5, 5.41) is 9.43. The van der Waals surface area contributed by atoms with Crippen molar-refractivity contribution in [3.8, 4) is 0 Å². The smallest absolute Gasteiger partial charge is 0.334 e. The van der Waals surface area contributed by atoms with Gasteiger partial charge in [-0.1, -0.05) is 18.7 Å². The van der Waals surface area contributed by atoms with Gasteiger partial charge in [-0.25, -0.2) is 4.79 Å². The molecule has 3 rings (SSSR count). The number of hydrogen-bond acceptors (Lipinski definition) is 4. The van der Waals surface area contributed by atoms with E-state index in [0.29, 0.717) is 16.7 Å². The monoisotopic (exact) mass is 258 g/mol. The Kier molecular flexibility index (Phi) is 2.57. The summed E-state index contributed by atoms with van der Waals surface area (Å²) in [5.41, 5.74) is 2.50. The number of aliphatic hydroxyl groups excluding tert-OH is 1. The van der Waals surface area contributed by atoms with Crippen LogP contribution in [0.5, 0.6) is 0 Å². The van der Waals surface area contributed by atoms with Crippen LogP contribution >= 0.6 is 0 Å². The van der Waals surface area contributed by atoms with Crippen molar-refractivity contribution in [1.29, 1.82) is 0 Å². The van der Waals surface area contributed by atoms with Crippen LogP contribution in [0.2, 0.25) is 0 Å². The lowest BCUT2D eigenvalue weighted by molar-refractivity contribution is -0.140. The Bertz CT molecular complexity index is 591. The molecule has 1 fully saturated rings.